The Morgan fingerprint density at radius 2 is 1.64 bits per heavy atom. The Balaban J connectivity index is 1.63. The molecular weight excluding hydrogens is 412 g/mol. The van der Waals surface area contributed by atoms with Gasteiger partial charge >= 0.3 is 0 Å². The predicted molar refractivity (Wildman–Crippen MR) is 119 cm³/mol. The van der Waals surface area contributed by atoms with Crippen LogP contribution in [-0.4, -0.2) is 6.61 Å². The molecule has 0 heterocycles. The molecule has 0 radical (unpaired) electrons. The molecule has 0 N–H and O–H groups in total. The van der Waals surface area contributed by atoms with Crippen molar-refractivity contribution in [1.82, 2.24) is 0 Å². The average Bonchev–Trinajstić information content (AvgIpc) is 2.71. The molecule has 0 aliphatic heterocycles. The first-order valence-corrected chi connectivity index (χ1v) is 10.5. The van der Waals surface area contributed by atoms with Gasteiger partial charge in [0, 0.05) is 9.89 Å². The lowest BCUT2D eigenvalue weighted by atomic mass is 9.80. The van der Waals surface area contributed by atoms with Crippen LogP contribution in [0.5, 0.6) is 11.5 Å². The first-order chi connectivity index (χ1) is 13.5. The molecule has 146 valence electrons. The summed E-state index contributed by atoms with van der Waals surface area (Å²) in [6, 6.07) is 24.5. The van der Waals surface area contributed by atoms with Crippen LogP contribution in [0.1, 0.15) is 37.0 Å². The Labute approximate surface area is 176 Å². The Morgan fingerprint density at radius 3 is 2.36 bits per heavy atom. The highest BCUT2D eigenvalue weighted by Gasteiger charge is 2.25. The standard InChI is InChI=1S/C25H27BrO2/c1-4-25(3,21-14-13-19(2)24(26)16-21)18-27-17-20-9-8-12-23(15-20)28-22-10-6-5-7-11-22/h5-16H,4,17-18H2,1-3H3. The second-order valence-electron chi connectivity index (χ2n) is 7.43. The van der Waals surface area contributed by atoms with Crippen molar-refractivity contribution in [2.24, 2.45) is 0 Å². The second kappa shape index (κ2) is 9.40. The molecule has 2 nitrogen and oxygen atoms in total. The van der Waals surface area contributed by atoms with Crippen LogP contribution in [0.25, 0.3) is 0 Å². The van der Waals surface area contributed by atoms with Crippen molar-refractivity contribution >= 4 is 15.9 Å². The van der Waals surface area contributed by atoms with Gasteiger partial charge in [-0.15, -0.1) is 0 Å². The molecule has 0 aliphatic rings. The van der Waals surface area contributed by atoms with Crippen molar-refractivity contribution in [3.8, 4) is 11.5 Å². The zero-order chi connectivity index (χ0) is 20.0. The molecule has 0 spiro atoms. The molecule has 0 saturated heterocycles. The number of hydrogen-bond donors (Lipinski definition) is 0. The van der Waals surface area contributed by atoms with Crippen molar-refractivity contribution in [2.75, 3.05) is 6.61 Å². The molecule has 3 aromatic rings. The minimum absolute atomic E-state index is 0.0195. The summed E-state index contributed by atoms with van der Waals surface area (Å²) in [6.07, 6.45) is 1.01. The molecule has 3 rings (SSSR count). The first kappa shape index (κ1) is 20.6. The summed E-state index contributed by atoms with van der Waals surface area (Å²) in [6.45, 7) is 7.82. The van der Waals surface area contributed by atoms with E-state index in [4.69, 9.17) is 9.47 Å². The van der Waals surface area contributed by atoms with Gasteiger partial charge in [0.2, 0.25) is 0 Å². The molecule has 0 saturated carbocycles. The summed E-state index contributed by atoms with van der Waals surface area (Å²) in [7, 11) is 0. The second-order valence-corrected chi connectivity index (χ2v) is 8.29. The summed E-state index contributed by atoms with van der Waals surface area (Å²) in [4.78, 5) is 0. The summed E-state index contributed by atoms with van der Waals surface area (Å²) in [5.74, 6) is 1.66. The van der Waals surface area contributed by atoms with Crippen molar-refractivity contribution < 1.29 is 9.47 Å². The van der Waals surface area contributed by atoms with Gasteiger partial charge in [0.15, 0.2) is 0 Å². The quantitative estimate of drug-likeness (QED) is 0.363. The van der Waals surface area contributed by atoms with Gasteiger partial charge in [-0.25, -0.2) is 0 Å². The number of para-hydroxylation sites is 1. The van der Waals surface area contributed by atoms with Crippen LogP contribution in [-0.2, 0) is 16.8 Å². The van der Waals surface area contributed by atoms with Gasteiger partial charge in [-0.2, -0.15) is 0 Å². The summed E-state index contributed by atoms with van der Waals surface area (Å²) in [5.41, 5.74) is 3.64. The van der Waals surface area contributed by atoms with Crippen LogP contribution in [0.3, 0.4) is 0 Å². The van der Waals surface area contributed by atoms with E-state index in [2.05, 4.69) is 61.0 Å². The predicted octanol–water partition coefficient (Wildman–Crippen LogP) is 7.43. The van der Waals surface area contributed by atoms with Gasteiger partial charge in [0.25, 0.3) is 0 Å². The van der Waals surface area contributed by atoms with Gasteiger partial charge in [0.1, 0.15) is 11.5 Å². The minimum atomic E-state index is -0.0195. The maximum absolute atomic E-state index is 6.13. The van der Waals surface area contributed by atoms with E-state index in [1.807, 2.05) is 48.5 Å². The molecule has 28 heavy (non-hydrogen) atoms. The third-order valence-corrected chi connectivity index (χ3v) is 6.07. The number of benzene rings is 3. The lowest BCUT2D eigenvalue weighted by Gasteiger charge is -2.29. The molecule has 3 aromatic carbocycles. The molecule has 0 fully saturated rings. The van der Waals surface area contributed by atoms with Crippen molar-refractivity contribution in [3.63, 3.8) is 0 Å². The number of ether oxygens (including phenoxy) is 2. The Morgan fingerprint density at radius 1 is 0.893 bits per heavy atom. The van der Waals surface area contributed by atoms with E-state index in [-0.39, 0.29) is 5.41 Å². The summed E-state index contributed by atoms with van der Waals surface area (Å²) >= 11 is 3.65. The van der Waals surface area contributed by atoms with Crippen LogP contribution in [0.4, 0.5) is 0 Å². The molecule has 0 aliphatic carbocycles. The van der Waals surface area contributed by atoms with E-state index in [0.717, 1.165) is 28.0 Å². The number of halogens is 1. The van der Waals surface area contributed by atoms with Crippen LogP contribution < -0.4 is 4.74 Å². The fraction of sp³-hybridized carbons (Fsp3) is 0.280. The SMILES string of the molecule is CCC(C)(COCc1cccc(Oc2ccccc2)c1)c1ccc(C)c(Br)c1. The van der Waals surface area contributed by atoms with Gasteiger partial charge < -0.3 is 9.47 Å². The molecule has 0 bridgehead atoms. The molecular formula is C25H27BrO2. The molecule has 0 aromatic heterocycles. The number of aryl methyl sites for hydroxylation is 1. The van der Waals surface area contributed by atoms with Crippen molar-refractivity contribution in [1.29, 1.82) is 0 Å². The highest BCUT2D eigenvalue weighted by molar-refractivity contribution is 9.10. The highest BCUT2D eigenvalue weighted by Crippen LogP contribution is 2.31. The van der Waals surface area contributed by atoms with Crippen LogP contribution in [0, 0.1) is 6.92 Å². The van der Waals surface area contributed by atoms with Crippen LogP contribution in [0.15, 0.2) is 77.3 Å². The largest absolute Gasteiger partial charge is 0.457 e. The maximum atomic E-state index is 6.13. The molecule has 1 atom stereocenters. The topological polar surface area (TPSA) is 18.5 Å². The Bertz CT molecular complexity index is 907. The lowest BCUT2D eigenvalue weighted by molar-refractivity contribution is 0.0747. The average molecular weight is 439 g/mol. The first-order valence-electron chi connectivity index (χ1n) is 9.66. The Kier molecular flexibility index (Phi) is 6.93. The van der Waals surface area contributed by atoms with E-state index in [9.17, 15) is 0 Å². The van der Waals surface area contributed by atoms with Crippen LogP contribution >= 0.6 is 15.9 Å². The smallest absolute Gasteiger partial charge is 0.127 e. The maximum Gasteiger partial charge on any atom is 0.127 e. The van der Waals surface area contributed by atoms with Crippen LogP contribution in [0.2, 0.25) is 0 Å². The van der Waals surface area contributed by atoms with E-state index in [1.165, 1.54) is 11.1 Å². The van der Waals surface area contributed by atoms with Gasteiger partial charge in [-0.1, -0.05) is 72.2 Å². The molecule has 1 unspecified atom stereocenters. The fourth-order valence-corrected chi connectivity index (χ4v) is 3.45. The highest BCUT2D eigenvalue weighted by atomic mass is 79.9. The van der Waals surface area contributed by atoms with Crippen molar-refractivity contribution in [3.05, 3.63) is 94.0 Å². The van der Waals surface area contributed by atoms with Gasteiger partial charge in [0.05, 0.1) is 13.2 Å². The van der Waals surface area contributed by atoms with E-state index in [1.54, 1.807) is 0 Å². The minimum Gasteiger partial charge on any atom is -0.457 e. The van der Waals surface area contributed by atoms with Crippen molar-refractivity contribution in [2.45, 2.75) is 39.2 Å². The normalized spacial score (nSPS) is 13.1. The molecule has 0 amide bonds. The fourth-order valence-electron chi connectivity index (χ4n) is 3.08. The summed E-state index contributed by atoms with van der Waals surface area (Å²) < 4.78 is 13.2. The monoisotopic (exact) mass is 438 g/mol. The van der Waals surface area contributed by atoms with Gasteiger partial charge in [-0.3, -0.25) is 0 Å². The lowest BCUT2D eigenvalue weighted by Crippen LogP contribution is -2.27. The van der Waals surface area contributed by atoms with E-state index < -0.39 is 0 Å². The third-order valence-electron chi connectivity index (χ3n) is 5.22. The molecule has 3 heteroatoms. The number of rotatable bonds is 8. The van der Waals surface area contributed by atoms with Gasteiger partial charge in [-0.05, 0) is 60.4 Å². The van der Waals surface area contributed by atoms with E-state index in [0.29, 0.717) is 13.2 Å². The van der Waals surface area contributed by atoms with E-state index >= 15 is 0 Å². The Hall–Kier alpha value is -2.10. The zero-order valence-electron chi connectivity index (χ0n) is 16.7. The number of hydrogen-bond acceptors (Lipinski definition) is 2. The third kappa shape index (κ3) is 5.24. The summed E-state index contributed by atoms with van der Waals surface area (Å²) in [5, 5.41) is 0. The zero-order valence-corrected chi connectivity index (χ0v) is 18.3.